The molecule has 8 aliphatic rings. The highest BCUT2D eigenvalue weighted by molar-refractivity contribution is 7.90. The number of sulfonamides is 2. The highest BCUT2D eigenvalue weighted by Crippen LogP contribution is 2.53. The number of anilines is 4. The fourth-order valence-electron chi connectivity index (χ4n) is 11.8. The van der Waals surface area contributed by atoms with Crippen molar-refractivity contribution in [2.45, 2.75) is 139 Å². The Bertz CT molecular complexity index is 2790. The maximum atomic E-state index is 13.4. The first-order valence-corrected chi connectivity index (χ1v) is 29.6. The topological polar surface area (TPSA) is 234 Å². The zero-order valence-electron chi connectivity index (χ0n) is 42.6. The summed E-state index contributed by atoms with van der Waals surface area (Å²) in [7, 11) is -6.63. The molecular formula is C52H68N12O8S2. The smallest absolute Gasteiger partial charge is 0.319 e. The summed E-state index contributed by atoms with van der Waals surface area (Å²) in [4.78, 5) is 48.5. The lowest BCUT2D eigenvalue weighted by molar-refractivity contribution is 0.0982. The van der Waals surface area contributed by atoms with Gasteiger partial charge in [0, 0.05) is 84.7 Å². The van der Waals surface area contributed by atoms with Gasteiger partial charge in [-0.05, 0) is 128 Å². The predicted molar refractivity (Wildman–Crippen MR) is 282 cm³/mol. The van der Waals surface area contributed by atoms with Gasteiger partial charge in [0.2, 0.25) is 20.0 Å². The van der Waals surface area contributed by atoms with Crippen LogP contribution in [0.25, 0.3) is 22.8 Å². The van der Waals surface area contributed by atoms with Crippen molar-refractivity contribution in [1.29, 1.82) is 0 Å². The monoisotopic (exact) mass is 1050 g/mol. The van der Waals surface area contributed by atoms with Crippen LogP contribution in [0.1, 0.15) is 114 Å². The van der Waals surface area contributed by atoms with Gasteiger partial charge < -0.3 is 40.5 Å². The second-order valence-electron chi connectivity index (χ2n) is 20.9. The first kappa shape index (κ1) is 50.6. The molecule has 2 aliphatic carbocycles. The third kappa shape index (κ3) is 9.81. The Hall–Kier alpha value is -5.52. The lowest BCUT2D eigenvalue weighted by Crippen LogP contribution is -2.47. The Morgan fingerprint density at radius 2 is 0.959 bits per heavy atom. The molecule has 2 aromatic carbocycles. The first-order valence-electron chi connectivity index (χ1n) is 26.6. The van der Waals surface area contributed by atoms with Gasteiger partial charge in [0.05, 0.1) is 72.5 Å². The molecule has 20 nitrogen and oxygen atoms in total. The van der Waals surface area contributed by atoms with E-state index >= 15 is 0 Å². The number of ether oxygens (including phenoxy) is 2. The number of aromatic nitrogens is 4. The van der Waals surface area contributed by atoms with Crippen LogP contribution in [-0.4, -0.2) is 145 Å². The van der Waals surface area contributed by atoms with Gasteiger partial charge in [-0.1, -0.05) is 0 Å². The van der Waals surface area contributed by atoms with Crippen LogP contribution in [0.4, 0.5) is 32.6 Å². The summed E-state index contributed by atoms with van der Waals surface area (Å²) in [5, 5.41) is 10.6. The number of hydrogen-bond donors (Lipinski definition) is 4. The summed E-state index contributed by atoms with van der Waals surface area (Å²) in [5.41, 5.74) is 6.95. The van der Waals surface area contributed by atoms with E-state index in [0.29, 0.717) is 88.5 Å². The standard InChI is InChI=1S/2C26H34N6O4S/c2*1-3-27-26(33)28-18-6-4-17(5-7-18)24-29-21-14-19-8-11-22(32(19)37(34,35)20-9-10-20)23(21)25(30-24)31-12-13-36-15-16(31)2/h2*4-7,16,19-20,22H,3,8-15H2,1-2H3,(H2,27,28,33)/t2*16-,19?,22?/m00/s1. The van der Waals surface area contributed by atoms with Crippen molar-refractivity contribution in [2.24, 2.45) is 0 Å². The number of morpholine rings is 2. The van der Waals surface area contributed by atoms with E-state index in [2.05, 4.69) is 44.9 Å². The molecule has 4 saturated heterocycles. The fraction of sp³-hybridized carbons (Fsp3) is 0.577. The van der Waals surface area contributed by atoms with Crippen molar-refractivity contribution in [3.05, 3.63) is 71.0 Å². The first-order chi connectivity index (χ1) is 35.7. The zero-order chi connectivity index (χ0) is 51.5. The second kappa shape index (κ2) is 20.5. The normalized spacial score (nSPS) is 25.6. The molecule has 6 atom stereocenters. The van der Waals surface area contributed by atoms with Crippen LogP contribution in [0, 0.1) is 0 Å². The average molecular weight is 1050 g/mol. The number of fused-ring (bicyclic) bond motifs is 8. The summed E-state index contributed by atoms with van der Waals surface area (Å²) in [6.07, 6.45) is 7.57. The Morgan fingerprint density at radius 3 is 1.31 bits per heavy atom. The molecule has 4 aromatic rings. The molecule has 22 heteroatoms. The number of nitrogens with one attached hydrogen (secondary N) is 4. The van der Waals surface area contributed by atoms with Gasteiger partial charge in [-0.3, -0.25) is 0 Å². The van der Waals surface area contributed by atoms with E-state index in [1.807, 2.05) is 71.0 Å². The lowest BCUT2D eigenvalue weighted by Gasteiger charge is -2.40. The Balaban J connectivity index is 0.000000159. The molecule has 4 amide bonds. The molecule has 396 valence electrons. The minimum absolute atomic E-state index is 0.0375. The maximum absolute atomic E-state index is 13.4. The Labute approximate surface area is 433 Å². The van der Waals surface area contributed by atoms with E-state index in [1.165, 1.54) is 0 Å². The SMILES string of the molecule is CCNC(=O)Nc1ccc(-c2nc3c(c(N4CCOC[C@@H]4C)n2)C2CCC(C3)N2S(=O)(=O)C2CC2)cc1.CCNC(=O)Nc1ccc(-c2nc3c(c(N4CCOC[C@@H]4C)n2)C2CCC(C3)N2S(=O)(=O)C2CC2)cc1. The van der Waals surface area contributed by atoms with E-state index in [-0.39, 0.29) is 58.8 Å². The molecule has 4 N–H and O–H groups in total. The van der Waals surface area contributed by atoms with Crippen LogP contribution < -0.4 is 31.1 Å². The maximum Gasteiger partial charge on any atom is 0.319 e. The molecule has 6 fully saturated rings. The Kier molecular flexibility index (Phi) is 14.1. The van der Waals surface area contributed by atoms with Crippen LogP contribution in [-0.2, 0) is 42.4 Å². The molecule has 0 radical (unpaired) electrons. The summed E-state index contributed by atoms with van der Waals surface area (Å²) in [6.45, 7) is 12.9. The molecule has 74 heavy (non-hydrogen) atoms. The van der Waals surface area contributed by atoms with Crippen molar-refractivity contribution >= 4 is 55.1 Å². The van der Waals surface area contributed by atoms with Crippen molar-refractivity contribution < 1.29 is 35.9 Å². The van der Waals surface area contributed by atoms with E-state index in [1.54, 1.807) is 0 Å². The zero-order valence-corrected chi connectivity index (χ0v) is 44.3. The van der Waals surface area contributed by atoms with Gasteiger partial charge in [0.25, 0.3) is 0 Å². The minimum atomic E-state index is -3.31. The van der Waals surface area contributed by atoms with Gasteiger partial charge >= 0.3 is 12.1 Å². The van der Waals surface area contributed by atoms with E-state index in [9.17, 15) is 26.4 Å². The quantitative estimate of drug-likeness (QED) is 0.125. The highest BCUT2D eigenvalue weighted by Gasteiger charge is 2.55. The van der Waals surface area contributed by atoms with Crippen LogP contribution in [0.2, 0.25) is 0 Å². The van der Waals surface area contributed by atoms with Gasteiger partial charge in [0.1, 0.15) is 11.6 Å². The number of amides is 4. The summed E-state index contributed by atoms with van der Waals surface area (Å²) >= 11 is 0. The molecule has 2 aromatic heterocycles. The molecular weight excluding hydrogens is 985 g/mol. The molecule has 12 rings (SSSR count). The largest absolute Gasteiger partial charge is 0.377 e. The van der Waals surface area contributed by atoms with Crippen molar-refractivity contribution in [2.75, 3.05) is 73.0 Å². The third-order valence-electron chi connectivity index (χ3n) is 15.6. The van der Waals surface area contributed by atoms with Crippen molar-refractivity contribution in [1.82, 2.24) is 39.2 Å². The van der Waals surface area contributed by atoms with Gasteiger partial charge in [-0.2, -0.15) is 8.61 Å². The third-order valence-corrected chi connectivity index (χ3v) is 20.6. The summed E-state index contributed by atoms with van der Waals surface area (Å²) in [6, 6.07) is 14.3. The molecule has 6 aliphatic heterocycles. The Morgan fingerprint density at radius 1 is 0.568 bits per heavy atom. The second-order valence-corrected chi connectivity index (χ2v) is 25.1. The number of nitrogens with zero attached hydrogens (tertiary/aromatic N) is 8. The van der Waals surface area contributed by atoms with Crippen LogP contribution in [0.15, 0.2) is 48.5 Å². The minimum Gasteiger partial charge on any atom is -0.377 e. The summed E-state index contributed by atoms with van der Waals surface area (Å²) in [5.74, 6) is 2.91. The highest BCUT2D eigenvalue weighted by atomic mass is 32.2. The number of benzene rings is 2. The van der Waals surface area contributed by atoms with Gasteiger partial charge in [0.15, 0.2) is 11.6 Å². The van der Waals surface area contributed by atoms with Gasteiger partial charge in [-0.25, -0.2) is 46.4 Å². The number of rotatable bonds is 12. The number of urea groups is 2. The van der Waals surface area contributed by atoms with Crippen LogP contribution in [0.5, 0.6) is 0 Å². The number of carbonyl (C=O) groups is 2. The van der Waals surface area contributed by atoms with Crippen molar-refractivity contribution in [3.63, 3.8) is 0 Å². The van der Waals surface area contributed by atoms with E-state index in [4.69, 9.17) is 29.4 Å². The number of carbonyl (C=O) groups excluding carboxylic acids is 2. The number of hydrogen-bond acceptors (Lipinski definition) is 14. The molecule has 4 unspecified atom stereocenters. The molecule has 8 heterocycles. The fourth-order valence-corrected chi connectivity index (χ4v) is 16.3. The van der Waals surface area contributed by atoms with E-state index in [0.717, 1.165) is 96.6 Å². The lowest BCUT2D eigenvalue weighted by atomic mass is 9.98. The average Bonchev–Trinajstić information content (AvgIpc) is 4.35. The van der Waals surface area contributed by atoms with Crippen molar-refractivity contribution in [3.8, 4) is 22.8 Å². The molecule has 4 bridgehead atoms. The van der Waals surface area contributed by atoms with Gasteiger partial charge in [-0.15, -0.1) is 0 Å². The molecule has 0 spiro atoms. The van der Waals surface area contributed by atoms with Crippen LogP contribution in [0.3, 0.4) is 0 Å². The summed E-state index contributed by atoms with van der Waals surface area (Å²) < 4.78 is 68.7. The predicted octanol–water partition coefficient (Wildman–Crippen LogP) is 6.13. The molecule has 2 saturated carbocycles. The van der Waals surface area contributed by atoms with Crippen LogP contribution >= 0.6 is 0 Å². The van der Waals surface area contributed by atoms with E-state index < -0.39 is 20.0 Å².